The summed E-state index contributed by atoms with van der Waals surface area (Å²) in [4.78, 5) is 9.37. The minimum Gasteiger partial charge on any atom is -0.481 e. The van der Waals surface area contributed by atoms with Crippen molar-refractivity contribution in [2.24, 2.45) is 0 Å². The number of carbonyl (C=O) groups is 1. The molecule has 0 spiro atoms. The summed E-state index contributed by atoms with van der Waals surface area (Å²) >= 11 is 0. The van der Waals surface area contributed by atoms with Crippen molar-refractivity contribution >= 4 is 5.97 Å². The topological polar surface area (TPSA) is 55.8 Å². The smallest absolute Gasteiger partial charge is 0.303 e. The molecule has 0 aliphatic heterocycles. The highest BCUT2D eigenvalue weighted by Gasteiger charge is 1.81. The van der Waals surface area contributed by atoms with Crippen molar-refractivity contribution in [2.45, 2.75) is 27.2 Å². The molecule has 13 heavy (non-hydrogen) atoms. The lowest BCUT2D eigenvalue weighted by Gasteiger charge is -1.99. The molecule has 0 unspecified atom stereocenters. The first kappa shape index (κ1) is 14.9. The van der Waals surface area contributed by atoms with Crippen LogP contribution in [-0.2, 0) is 14.3 Å². The Morgan fingerprint density at radius 1 is 1.08 bits per heavy atom. The van der Waals surface area contributed by atoms with Crippen molar-refractivity contribution < 1.29 is 19.4 Å². The van der Waals surface area contributed by atoms with E-state index >= 15 is 0 Å². The van der Waals surface area contributed by atoms with Crippen molar-refractivity contribution in [1.29, 1.82) is 0 Å². The number of carboxylic acid groups (broad SMARTS) is 1. The maximum Gasteiger partial charge on any atom is 0.303 e. The normalized spacial score (nSPS) is 8.85. The zero-order chi connectivity index (χ0) is 10.5. The largest absolute Gasteiger partial charge is 0.481 e. The number of hydrogen-bond donors (Lipinski definition) is 1. The summed E-state index contributed by atoms with van der Waals surface area (Å²) in [6.07, 6.45) is 0.222. The van der Waals surface area contributed by atoms with E-state index in [9.17, 15) is 4.79 Å². The Balaban J connectivity index is 0. The van der Waals surface area contributed by atoms with Gasteiger partial charge in [0, 0.05) is 19.6 Å². The molecular formula is C9H20O4. The summed E-state index contributed by atoms with van der Waals surface area (Å²) in [6.45, 7) is 8.58. The molecule has 0 radical (unpaired) electrons. The van der Waals surface area contributed by atoms with Crippen molar-refractivity contribution in [3.8, 4) is 0 Å². The Hall–Kier alpha value is -0.610. The first-order valence-corrected chi connectivity index (χ1v) is 4.56. The summed E-state index contributed by atoms with van der Waals surface area (Å²) in [5, 5.41) is 7.72. The van der Waals surface area contributed by atoms with E-state index in [1.54, 1.807) is 6.92 Å². The van der Waals surface area contributed by atoms with E-state index in [0.29, 0.717) is 0 Å². The van der Waals surface area contributed by atoms with Gasteiger partial charge in [-0.2, -0.15) is 0 Å². The predicted octanol–water partition coefficient (Wildman–Crippen LogP) is 1.54. The molecule has 1 N–H and O–H groups in total. The fourth-order valence-electron chi connectivity index (χ4n) is 0.407. The van der Waals surface area contributed by atoms with Gasteiger partial charge in [0.15, 0.2) is 0 Å². The second kappa shape index (κ2) is 13.9. The van der Waals surface area contributed by atoms with Crippen LogP contribution in [0.2, 0.25) is 0 Å². The average Bonchev–Trinajstić information content (AvgIpc) is 2.14. The molecule has 0 rings (SSSR count). The number of rotatable bonds is 6. The van der Waals surface area contributed by atoms with E-state index in [1.165, 1.54) is 0 Å². The Morgan fingerprint density at radius 3 is 1.54 bits per heavy atom. The van der Waals surface area contributed by atoms with E-state index in [4.69, 9.17) is 14.6 Å². The molecule has 0 fully saturated rings. The number of carboxylic acids is 1. The van der Waals surface area contributed by atoms with E-state index in [0.717, 1.165) is 26.4 Å². The van der Waals surface area contributed by atoms with Crippen LogP contribution in [0.5, 0.6) is 0 Å². The zero-order valence-corrected chi connectivity index (χ0v) is 8.71. The maximum atomic E-state index is 9.37. The molecular weight excluding hydrogens is 172 g/mol. The van der Waals surface area contributed by atoms with Crippen molar-refractivity contribution in [3.05, 3.63) is 0 Å². The van der Waals surface area contributed by atoms with Crippen molar-refractivity contribution in [2.75, 3.05) is 26.4 Å². The van der Waals surface area contributed by atoms with Gasteiger partial charge < -0.3 is 14.6 Å². The second-order valence-electron chi connectivity index (χ2n) is 2.14. The van der Waals surface area contributed by atoms with E-state index < -0.39 is 5.97 Å². The first-order valence-electron chi connectivity index (χ1n) is 4.56. The molecule has 4 heteroatoms. The fraction of sp³-hybridized carbons (Fsp3) is 0.889. The second-order valence-corrected chi connectivity index (χ2v) is 2.14. The van der Waals surface area contributed by atoms with E-state index in [1.807, 2.05) is 13.8 Å². The lowest BCUT2D eigenvalue weighted by atomic mass is 10.5. The number of ether oxygens (including phenoxy) is 2. The van der Waals surface area contributed by atoms with Crippen LogP contribution in [0, 0.1) is 0 Å². The van der Waals surface area contributed by atoms with E-state index in [2.05, 4.69) is 0 Å². The van der Waals surface area contributed by atoms with Gasteiger partial charge in [-0.1, -0.05) is 6.92 Å². The quantitative estimate of drug-likeness (QED) is 0.648. The van der Waals surface area contributed by atoms with Crippen molar-refractivity contribution in [3.63, 3.8) is 0 Å². The Kier molecular flexibility index (Phi) is 16.0. The molecule has 0 saturated heterocycles. The highest BCUT2D eigenvalue weighted by atomic mass is 16.5. The summed E-state index contributed by atoms with van der Waals surface area (Å²) in [6, 6.07) is 0. The zero-order valence-electron chi connectivity index (χ0n) is 8.71. The SMILES string of the molecule is CCC(=O)O.CCOCCOCC. The Bertz CT molecular complexity index is 97.8. The molecule has 0 heterocycles. The Labute approximate surface area is 79.8 Å². The van der Waals surface area contributed by atoms with Crippen LogP contribution in [0.4, 0.5) is 0 Å². The summed E-state index contributed by atoms with van der Waals surface area (Å²) in [5.74, 6) is -0.745. The van der Waals surface area contributed by atoms with Crippen LogP contribution in [0.1, 0.15) is 27.2 Å². The molecule has 0 saturated carbocycles. The molecule has 0 amide bonds. The first-order chi connectivity index (χ1) is 6.18. The lowest BCUT2D eigenvalue weighted by Crippen LogP contribution is -2.02. The van der Waals surface area contributed by atoms with Crippen LogP contribution in [0.25, 0.3) is 0 Å². The molecule has 0 aromatic carbocycles. The van der Waals surface area contributed by atoms with Gasteiger partial charge in [0.1, 0.15) is 0 Å². The lowest BCUT2D eigenvalue weighted by molar-refractivity contribution is -0.136. The minimum absolute atomic E-state index is 0.222. The third-order valence-corrected chi connectivity index (χ3v) is 1.08. The average molecular weight is 192 g/mol. The van der Waals surface area contributed by atoms with Gasteiger partial charge in [-0.15, -0.1) is 0 Å². The molecule has 0 bridgehead atoms. The molecule has 0 atom stereocenters. The number of aliphatic carboxylic acids is 1. The molecule has 0 aliphatic carbocycles. The molecule has 0 aromatic heterocycles. The third kappa shape index (κ3) is 24.6. The maximum absolute atomic E-state index is 9.37. The fourth-order valence-corrected chi connectivity index (χ4v) is 0.407. The van der Waals surface area contributed by atoms with Gasteiger partial charge in [-0.25, -0.2) is 0 Å². The van der Waals surface area contributed by atoms with Gasteiger partial charge in [0.05, 0.1) is 13.2 Å². The van der Waals surface area contributed by atoms with Crippen LogP contribution in [-0.4, -0.2) is 37.5 Å². The minimum atomic E-state index is -0.745. The Morgan fingerprint density at radius 2 is 1.38 bits per heavy atom. The van der Waals surface area contributed by atoms with Gasteiger partial charge in [-0.3, -0.25) is 4.79 Å². The van der Waals surface area contributed by atoms with Crippen molar-refractivity contribution in [1.82, 2.24) is 0 Å². The van der Waals surface area contributed by atoms with E-state index in [-0.39, 0.29) is 6.42 Å². The van der Waals surface area contributed by atoms with Crippen LogP contribution in [0.3, 0.4) is 0 Å². The highest BCUT2D eigenvalue weighted by Crippen LogP contribution is 1.75. The predicted molar refractivity (Wildman–Crippen MR) is 50.9 cm³/mol. The monoisotopic (exact) mass is 192 g/mol. The molecule has 0 aliphatic rings. The summed E-state index contributed by atoms with van der Waals surface area (Å²) < 4.78 is 10.0. The summed E-state index contributed by atoms with van der Waals surface area (Å²) in [5.41, 5.74) is 0. The third-order valence-electron chi connectivity index (χ3n) is 1.08. The van der Waals surface area contributed by atoms with Crippen LogP contribution >= 0.6 is 0 Å². The van der Waals surface area contributed by atoms with Gasteiger partial charge in [-0.05, 0) is 13.8 Å². The van der Waals surface area contributed by atoms with Crippen LogP contribution < -0.4 is 0 Å². The molecule has 4 nitrogen and oxygen atoms in total. The standard InChI is InChI=1S/C6H14O2.C3H6O2/c1-3-7-5-6-8-4-2;1-2-3(4)5/h3-6H2,1-2H3;2H2,1H3,(H,4,5). The van der Waals surface area contributed by atoms with Crippen LogP contribution in [0.15, 0.2) is 0 Å². The molecule has 80 valence electrons. The van der Waals surface area contributed by atoms with Gasteiger partial charge in [0.2, 0.25) is 0 Å². The molecule has 0 aromatic rings. The highest BCUT2D eigenvalue weighted by molar-refractivity contribution is 5.66. The van der Waals surface area contributed by atoms with Gasteiger partial charge >= 0.3 is 5.97 Å². The van der Waals surface area contributed by atoms with Gasteiger partial charge in [0.25, 0.3) is 0 Å². The summed E-state index contributed by atoms with van der Waals surface area (Å²) in [7, 11) is 0. The number of hydrogen-bond acceptors (Lipinski definition) is 3.